The zero-order valence-corrected chi connectivity index (χ0v) is 14.6. The monoisotopic (exact) mass is 394 g/mol. The fraction of sp³-hybridized carbons (Fsp3) is 0.412. The molecule has 3 aromatic heterocycles. The summed E-state index contributed by atoms with van der Waals surface area (Å²) in [5, 5.41) is 15.0. The molecule has 1 aliphatic carbocycles. The summed E-state index contributed by atoms with van der Waals surface area (Å²) in [6.07, 6.45) is 0.241. The van der Waals surface area contributed by atoms with E-state index in [1.165, 1.54) is 11.0 Å². The summed E-state index contributed by atoms with van der Waals surface area (Å²) in [4.78, 5) is 11.9. The SMILES string of the molecule is Nc1ncnc2c1c(Oc1cc(C(F)(F)F)ccn1)nn2[C@@H]1CCCC[C@@H]1O. The molecule has 1 fully saturated rings. The van der Waals surface area contributed by atoms with Crippen molar-refractivity contribution in [3.63, 3.8) is 0 Å². The zero-order chi connectivity index (χ0) is 19.9. The third kappa shape index (κ3) is 3.33. The molecule has 11 heteroatoms. The topological polar surface area (TPSA) is 112 Å². The first kappa shape index (κ1) is 18.4. The van der Waals surface area contributed by atoms with Crippen LogP contribution in [0.4, 0.5) is 19.0 Å². The highest BCUT2D eigenvalue weighted by Gasteiger charge is 2.32. The van der Waals surface area contributed by atoms with Crippen LogP contribution in [-0.4, -0.2) is 35.9 Å². The number of aliphatic hydroxyl groups is 1. The molecule has 2 atom stereocenters. The molecule has 0 spiro atoms. The molecule has 3 N–H and O–H groups in total. The lowest BCUT2D eigenvalue weighted by Crippen LogP contribution is -2.28. The van der Waals surface area contributed by atoms with Crippen molar-refractivity contribution in [1.82, 2.24) is 24.7 Å². The fourth-order valence-electron chi connectivity index (χ4n) is 3.38. The summed E-state index contributed by atoms with van der Waals surface area (Å²) in [5.41, 5.74) is 5.39. The number of rotatable bonds is 3. The molecular formula is C17H17F3N6O2. The molecule has 0 unspecified atom stereocenters. The third-order valence-corrected chi connectivity index (χ3v) is 4.76. The summed E-state index contributed by atoms with van der Waals surface area (Å²) in [6, 6.07) is 1.29. The highest BCUT2D eigenvalue weighted by Crippen LogP contribution is 2.37. The molecule has 0 bridgehead atoms. The summed E-state index contributed by atoms with van der Waals surface area (Å²) >= 11 is 0. The van der Waals surface area contributed by atoms with E-state index in [9.17, 15) is 18.3 Å². The van der Waals surface area contributed by atoms with E-state index in [2.05, 4.69) is 20.1 Å². The lowest BCUT2D eigenvalue weighted by Gasteiger charge is -2.27. The van der Waals surface area contributed by atoms with Crippen molar-refractivity contribution in [3.8, 4) is 11.8 Å². The molecule has 3 aromatic rings. The number of hydrogen-bond donors (Lipinski definition) is 2. The molecule has 0 radical (unpaired) electrons. The number of fused-ring (bicyclic) bond motifs is 1. The molecule has 1 saturated carbocycles. The molecular weight excluding hydrogens is 377 g/mol. The van der Waals surface area contributed by atoms with Gasteiger partial charge >= 0.3 is 6.18 Å². The predicted octanol–water partition coefficient (Wildman–Crippen LogP) is 3.09. The van der Waals surface area contributed by atoms with Crippen LogP contribution in [0.5, 0.6) is 11.8 Å². The Hall–Kier alpha value is -2.95. The molecule has 28 heavy (non-hydrogen) atoms. The molecule has 0 aliphatic heterocycles. The smallest absolute Gasteiger partial charge is 0.416 e. The predicted molar refractivity (Wildman–Crippen MR) is 92.6 cm³/mol. The van der Waals surface area contributed by atoms with Gasteiger partial charge in [0.1, 0.15) is 17.5 Å². The first-order valence-corrected chi connectivity index (χ1v) is 8.72. The first-order chi connectivity index (χ1) is 13.3. The Morgan fingerprint density at radius 3 is 2.71 bits per heavy atom. The number of alkyl halides is 3. The van der Waals surface area contributed by atoms with Crippen molar-refractivity contribution >= 4 is 16.9 Å². The van der Waals surface area contributed by atoms with E-state index in [1.54, 1.807) is 0 Å². The van der Waals surface area contributed by atoms with Crippen LogP contribution in [0.3, 0.4) is 0 Å². The quantitative estimate of drug-likeness (QED) is 0.702. The second kappa shape index (κ2) is 6.89. The van der Waals surface area contributed by atoms with Crippen LogP contribution in [0, 0.1) is 0 Å². The lowest BCUT2D eigenvalue weighted by molar-refractivity contribution is -0.137. The van der Waals surface area contributed by atoms with E-state index in [-0.39, 0.29) is 29.0 Å². The Balaban J connectivity index is 1.78. The van der Waals surface area contributed by atoms with Gasteiger partial charge in [0.2, 0.25) is 5.88 Å². The normalized spacial score (nSPS) is 20.4. The van der Waals surface area contributed by atoms with Gasteiger partial charge in [-0.15, -0.1) is 5.10 Å². The Morgan fingerprint density at radius 1 is 1.18 bits per heavy atom. The van der Waals surface area contributed by atoms with E-state index in [4.69, 9.17) is 10.5 Å². The Kier molecular flexibility index (Phi) is 4.53. The van der Waals surface area contributed by atoms with E-state index in [0.29, 0.717) is 18.5 Å². The minimum absolute atomic E-state index is 0.0577. The Morgan fingerprint density at radius 2 is 1.96 bits per heavy atom. The highest BCUT2D eigenvalue weighted by atomic mass is 19.4. The third-order valence-electron chi connectivity index (χ3n) is 4.76. The van der Waals surface area contributed by atoms with Crippen molar-refractivity contribution < 1.29 is 23.0 Å². The van der Waals surface area contributed by atoms with Crippen LogP contribution in [-0.2, 0) is 6.18 Å². The van der Waals surface area contributed by atoms with E-state index in [0.717, 1.165) is 31.2 Å². The van der Waals surface area contributed by atoms with Crippen LogP contribution < -0.4 is 10.5 Å². The number of aliphatic hydroxyl groups excluding tert-OH is 1. The van der Waals surface area contributed by atoms with Gasteiger partial charge < -0.3 is 15.6 Å². The van der Waals surface area contributed by atoms with E-state index in [1.807, 2.05) is 0 Å². The minimum atomic E-state index is -4.53. The second-order valence-electron chi connectivity index (χ2n) is 6.61. The van der Waals surface area contributed by atoms with Gasteiger partial charge in [-0.3, -0.25) is 0 Å². The van der Waals surface area contributed by atoms with Crippen LogP contribution in [0.2, 0.25) is 0 Å². The minimum Gasteiger partial charge on any atom is -0.418 e. The number of halogens is 3. The summed E-state index contributed by atoms with van der Waals surface area (Å²) in [5.74, 6) is -0.268. The van der Waals surface area contributed by atoms with Crippen molar-refractivity contribution in [2.45, 2.75) is 44.0 Å². The van der Waals surface area contributed by atoms with Gasteiger partial charge in [-0.05, 0) is 18.9 Å². The molecule has 1 aliphatic rings. The van der Waals surface area contributed by atoms with Gasteiger partial charge in [0.25, 0.3) is 5.88 Å². The van der Waals surface area contributed by atoms with E-state index >= 15 is 0 Å². The van der Waals surface area contributed by atoms with Gasteiger partial charge in [0, 0.05) is 12.3 Å². The summed E-state index contributed by atoms with van der Waals surface area (Å²) < 4.78 is 45.9. The molecule has 4 rings (SSSR count). The van der Waals surface area contributed by atoms with Crippen LogP contribution in [0.25, 0.3) is 11.0 Å². The molecule has 0 amide bonds. The van der Waals surface area contributed by atoms with Gasteiger partial charge in [0.15, 0.2) is 5.65 Å². The largest absolute Gasteiger partial charge is 0.418 e. The number of aromatic nitrogens is 5. The van der Waals surface area contributed by atoms with Crippen molar-refractivity contribution in [1.29, 1.82) is 0 Å². The molecule has 8 nitrogen and oxygen atoms in total. The Bertz CT molecular complexity index is 1010. The number of nitrogens with two attached hydrogens (primary N) is 1. The number of ether oxygens (including phenoxy) is 1. The van der Waals surface area contributed by atoms with Crippen molar-refractivity contribution in [2.75, 3.05) is 5.73 Å². The maximum atomic E-state index is 12.9. The number of pyridine rings is 1. The fourth-order valence-corrected chi connectivity index (χ4v) is 3.38. The average molecular weight is 394 g/mol. The van der Waals surface area contributed by atoms with Crippen LogP contribution in [0.1, 0.15) is 37.3 Å². The Labute approximate surface area is 157 Å². The zero-order valence-electron chi connectivity index (χ0n) is 14.6. The number of anilines is 1. The van der Waals surface area contributed by atoms with Gasteiger partial charge in [-0.25, -0.2) is 19.6 Å². The van der Waals surface area contributed by atoms with Gasteiger partial charge in [0.05, 0.1) is 17.7 Å². The van der Waals surface area contributed by atoms with E-state index < -0.39 is 17.8 Å². The number of hydrogen-bond acceptors (Lipinski definition) is 7. The average Bonchev–Trinajstić information content (AvgIpc) is 3.01. The molecule has 3 heterocycles. The molecule has 0 saturated heterocycles. The standard InChI is InChI=1S/C17H17F3N6O2/c18-17(19,20)9-5-6-22-12(7-9)28-16-13-14(21)23-8-24-15(13)26(25-16)10-3-1-2-4-11(10)27/h5-8,10-11,27H,1-4H2,(H2,21,23,24)/t10-,11+/m1/s1. The summed E-state index contributed by atoms with van der Waals surface area (Å²) in [6.45, 7) is 0. The highest BCUT2D eigenvalue weighted by molar-refractivity contribution is 5.90. The molecule has 148 valence electrons. The maximum Gasteiger partial charge on any atom is 0.416 e. The summed E-state index contributed by atoms with van der Waals surface area (Å²) in [7, 11) is 0. The van der Waals surface area contributed by atoms with Crippen molar-refractivity contribution in [2.24, 2.45) is 0 Å². The van der Waals surface area contributed by atoms with Gasteiger partial charge in [-0.1, -0.05) is 12.8 Å². The van der Waals surface area contributed by atoms with Crippen LogP contribution in [0.15, 0.2) is 24.7 Å². The lowest BCUT2D eigenvalue weighted by atomic mass is 9.93. The van der Waals surface area contributed by atoms with Crippen LogP contribution >= 0.6 is 0 Å². The number of nitrogen functional groups attached to an aromatic ring is 1. The second-order valence-corrected chi connectivity index (χ2v) is 6.61. The van der Waals surface area contributed by atoms with Gasteiger partial charge in [-0.2, -0.15) is 13.2 Å². The maximum absolute atomic E-state index is 12.9. The van der Waals surface area contributed by atoms with Crippen molar-refractivity contribution in [3.05, 3.63) is 30.2 Å². The number of nitrogens with zero attached hydrogens (tertiary/aromatic N) is 5. The first-order valence-electron chi connectivity index (χ1n) is 8.72. The molecule has 0 aromatic carbocycles.